The quantitative estimate of drug-likeness (QED) is 0.293. The van der Waals surface area contributed by atoms with Crippen molar-refractivity contribution in [1.29, 1.82) is 0 Å². The molecule has 0 aliphatic rings. The molecule has 0 bridgehead atoms. The smallest absolute Gasteiger partial charge is 0.257 e. The molecular weight excluding hydrogens is 454 g/mol. The number of hydrogen-bond acceptors (Lipinski definition) is 7. The van der Waals surface area contributed by atoms with Crippen molar-refractivity contribution < 1.29 is 19.1 Å². The normalized spacial score (nSPS) is 10.6. The van der Waals surface area contributed by atoms with Gasteiger partial charge in [0, 0.05) is 23.1 Å². The van der Waals surface area contributed by atoms with E-state index in [4.69, 9.17) is 4.74 Å². The second-order valence-electron chi connectivity index (χ2n) is 7.28. The largest absolute Gasteiger partial charge is 0.497 e. The summed E-state index contributed by atoms with van der Waals surface area (Å²) in [5.74, 6) is 0.235. The van der Waals surface area contributed by atoms with Gasteiger partial charge in [-0.2, -0.15) is 0 Å². The van der Waals surface area contributed by atoms with Gasteiger partial charge in [0.2, 0.25) is 5.91 Å². The number of fused-ring (bicyclic) bond motifs is 1. The van der Waals surface area contributed by atoms with Crippen molar-refractivity contribution in [3.8, 4) is 5.75 Å². The van der Waals surface area contributed by atoms with E-state index in [0.29, 0.717) is 39.1 Å². The van der Waals surface area contributed by atoms with Crippen LogP contribution in [-0.4, -0.2) is 45.1 Å². The highest BCUT2D eigenvalue weighted by Gasteiger charge is 2.13. The molecule has 2 aromatic heterocycles. The molecule has 10 heteroatoms. The second kappa shape index (κ2) is 10.2. The number of nitrogens with zero attached hydrogens (tertiary/aromatic N) is 3. The number of hydrogen-bond donors (Lipinski definition) is 2. The summed E-state index contributed by atoms with van der Waals surface area (Å²) in [6.07, 6.45) is 1.63. The van der Waals surface area contributed by atoms with Crippen LogP contribution in [0.1, 0.15) is 27.6 Å². The lowest BCUT2D eigenvalue weighted by molar-refractivity contribution is -0.113. The number of benzene rings is 2. The van der Waals surface area contributed by atoms with Crippen molar-refractivity contribution in [2.24, 2.45) is 0 Å². The average molecular weight is 476 g/mol. The third-order valence-corrected chi connectivity index (χ3v) is 5.83. The van der Waals surface area contributed by atoms with E-state index in [0.717, 1.165) is 0 Å². The Bertz CT molecular complexity index is 1350. The van der Waals surface area contributed by atoms with Crippen LogP contribution in [0, 0.1) is 0 Å². The highest BCUT2D eigenvalue weighted by atomic mass is 32.2. The van der Waals surface area contributed by atoms with Gasteiger partial charge >= 0.3 is 0 Å². The van der Waals surface area contributed by atoms with Crippen LogP contribution in [0.15, 0.2) is 72.0 Å². The third kappa shape index (κ3) is 5.41. The minimum Gasteiger partial charge on any atom is -0.497 e. The molecule has 2 aromatic carbocycles. The summed E-state index contributed by atoms with van der Waals surface area (Å²) in [6, 6.07) is 17.1. The SMILES string of the molecule is COc1ccc(NC(=O)c2ccc3nnc(SCC(=O)Nc4ccc(C(C)=O)cc4)n3c2)cc1. The van der Waals surface area contributed by atoms with Crippen molar-refractivity contribution in [3.05, 3.63) is 78.0 Å². The first-order valence-electron chi connectivity index (χ1n) is 10.3. The molecule has 9 nitrogen and oxygen atoms in total. The summed E-state index contributed by atoms with van der Waals surface area (Å²) < 4.78 is 6.79. The van der Waals surface area contributed by atoms with E-state index in [1.54, 1.807) is 78.4 Å². The summed E-state index contributed by atoms with van der Waals surface area (Å²) in [4.78, 5) is 36.4. The van der Waals surface area contributed by atoms with Gasteiger partial charge in [0.25, 0.3) is 5.91 Å². The maximum Gasteiger partial charge on any atom is 0.257 e. The number of amides is 2. The number of Topliss-reactive ketones (excluding diaryl/α,β-unsaturated/α-hetero) is 1. The molecule has 0 spiro atoms. The van der Waals surface area contributed by atoms with E-state index in [1.807, 2.05) is 0 Å². The highest BCUT2D eigenvalue weighted by Crippen LogP contribution is 2.20. The number of carbonyl (C=O) groups is 3. The van der Waals surface area contributed by atoms with Crippen LogP contribution in [0.25, 0.3) is 5.65 Å². The molecule has 34 heavy (non-hydrogen) atoms. The number of ether oxygens (including phenoxy) is 1. The number of thioether (sulfide) groups is 1. The van der Waals surface area contributed by atoms with Crippen LogP contribution in [0.5, 0.6) is 5.75 Å². The summed E-state index contributed by atoms with van der Waals surface area (Å²) in [5.41, 5.74) is 2.79. The van der Waals surface area contributed by atoms with E-state index in [2.05, 4.69) is 20.8 Å². The molecular formula is C24H21N5O4S. The molecule has 2 amide bonds. The van der Waals surface area contributed by atoms with Crippen molar-refractivity contribution in [1.82, 2.24) is 14.6 Å². The van der Waals surface area contributed by atoms with Crippen LogP contribution in [0.2, 0.25) is 0 Å². The van der Waals surface area contributed by atoms with Gasteiger partial charge in [-0.25, -0.2) is 0 Å². The molecule has 0 aliphatic heterocycles. The summed E-state index contributed by atoms with van der Waals surface area (Å²) in [6.45, 7) is 1.49. The van der Waals surface area contributed by atoms with Gasteiger partial charge in [-0.05, 0) is 67.6 Å². The number of nitrogens with one attached hydrogen (secondary N) is 2. The van der Waals surface area contributed by atoms with Crippen molar-refractivity contribution >= 4 is 46.4 Å². The lowest BCUT2D eigenvalue weighted by atomic mass is 10.1. The Labute approximate surface area is 199 Å². The van der Waals surface area contributed by atoms with Gasteiger partial charge in [-0.3, -0.25) is 18.8 Å². The fraction of sp³-hybridized carbons (Fsp3) is 0.125. The van der Waals surface area contributed by atoms with Gasteiger partial charge in [0.1, 0.15) is 5.75 Å². The maximum absolute atomic E-state index is 12.7. The number of anilines is 2. The topological polar surface area (TPSA) is 115 Å². The zero-order valence-electron chi connectivity index (χ0n) is 18.4. The molecule has 4 rings (SSSR count). The number of carbonyl (C=O) groups excluding carboxylic acids is 3. The molecule has 0 unspecified atom stereocenters. The molecule has 0 saturated carbocycles. The lowest BCUT2D eigenvalue weighted by Crippen LogP contribution is -2.14. The van der Waals surface area contributed by atoms with Crippen molar-refractivity contribution in [2.75, 3.05) is 23.5 Å². The monoisotopic (exact) mass is 475 g/mol. The predicted molar refractivity (Wildman–Crippen MR) is 130 cm³/mol. The van der Waals surface area contributed by atoms with Gasteiger partial charge < -0.3 is 15.4 Å². The van der Waals surface area contributed by atoms with E-state index < -0.39 is 0 Å². The average Bonchev–Trinajstić information content (AvgIpc) is 3.26. The first kappa shape index (κ1) is 23.0. The van der Waals surface area contributed by atoms with E-state index in [9.17, 15) is 14.4 Å². The maximum atomic E-state index is 12.7. The number of pyridine rings is 1. The van der Waals surface area contributed by atoms with Crippen LogP contribution in [-0.2, 0) is 4.79 Å². The van der Waals surface area contributed by atoms with Crippen LogP contribution in [0.4, 0.5) is 11.4 Å². The Morgan fingerprint density at radius 3 is 2.21 bits per heavy atom. The molecule has 2 heterocycles. The van der Waals surface area contributed by atoms with Crippen molar-refractivity contribution in [3.63, 3.8) is 0 Å². The highest BCUT2D eigenvalue weighted by molar-refractivity contribution is 7.99. The molecule has 0 fully saturated rings. The number of aromatic nitrogens is 3. The van der Waals surface area contributed by atoms with Crippen LogP contribution >= 0.6 is 11.8 Å². The number of ketones is 1. The zero-order chi connectivity index (χ0) is 24.1. The summed E-state index contributed by atoms with van der Waals surface area (Å²) in [7, 11) is 1.58. The Morgan fingerprint density at radius 2 is 1.53 bits per heavy atom. The van der Waals surface area contributed by atoms with Gasteiger partial charge in [0.05, 0.1) is 18.4 Å². The fourth-order valence-electron chi connectivity index (χ4n) is 3.10. The fourth-order valence-corrected chi connectivity index (χ4v) is 3.81. The Kier molecular flexibility index (Phi) is 6.88. The Balaban J connectivity index is 1.40. The molecule has 2 N–H and O–H groups in total. The summed E-state index contributed by atoms with van der Waals surface area (Å²) in [5, 5.41) is 14.3. The van der Waals surface area contributed by atoms with Crippen LogP contribution in [0.3, 0.4) is 0 Å². The van der Waals surface area contributed by atoms with Gasteiger partial charge in [-0.15, -0.1) is 10.2 Å². The Hall–Kier alpha value is -4.18. The zero-order valence-corrected chi connectivity index (χ0v) is 19.3. The minimum atomic E-state index is -0.288. The molecule has 0 saturated heterocycles. The first-order chi connectivity index (χ1) is 16.4. The second-order valence-corrected chi connectivity index (χ2v) is 8.22. The van der Waals surface area contributed by atoms with Crippen molar-refractivity contribution in [2.45, 2.75) is 12.1 Å². The van der Waals surface area contributed by atoms with E-state index in [-0.39, 0.29) is 23.4 Å². The molecule has 4 aromatic rings. The molecule has 0 aliphatic carbocycles. The number of rotatable bonds is 8. The minimum absolute atomic E-state index is 0.0378. The van der Waals surface area contributed by atoms with Gasteiger partial charge in [-0.1, -0.05) is 11.8 Å². The Morgan fingerprint density at radius 1 is 0.882 bits per heavy atom. The summed E-state index contributed by atoms with van der Waals surface area (Å²) >= 11 is 1.20. The first-order valence-corrected chi connectivity index (χ1v) is 11.3. The van der Waals surface area contributed by atoms with Gasteiger partial charge in [0.15, 0.2) is 16.6 Å². The van der Waals surface area contributed by atoms with E-state index >= 15 is 0 Å². The number of methoxy groups -OCH3 is 1. The standard InChI is InChI=1S/C24H21N5O4S/c1-15(30)16-3-6-18(7-4-16)25-22(31)14-34-24-28-27-21-12-5-17(13-29(21)24)23(32)26-19-8-10-20(33-2)11-9-19/h3-13H,14H2,1-2H3,(H,25,31)(H,26,32). The lowest BCUT2D eigenvalue weighted by Gasteiger charge is -2.07. The molecule has 172 valence electrons. The molecule has 0 radical (unpaired) electrons. The van der Waals surface area contributed by atoms with Crippen LogP contribution < -0.4 is 15.4 Å². The van der Waals surface area contributed by atoms with E-state index in [1.165, 1.54) is 18.7 Å². The predicted octanol–water partition coefficient (Wildman–Crippen LogP) is 3.92. The molecule has 0 atom stereocenters. The third-order valence-electron chi connectivity index (χ3n) is 4.89.